The Kier molecular flexibility index (Phi) is 4.07. The van der Waals surface area contributed by atoms with Gasteiger partial charge in [0.05, 0.1) is 0 Å². The Labute approximate surface area is 143 Å². The Hall–Kier alpha value is -1.68. The highest BCUT2D eigenvalue weighted by Gasteiger charge is 2.68. The molecule has 0 amide bonds. The molecule has 1 aliphatic heterocycles. The van der Waals surface area contributed by atoms with E-state index in [1.165, 1.54) is 0 Å². The van der Waals surface area contributed by atoms with Gasteiger partial charge in [-0.2, -0.15) is 0 Å². The van der Waals surface area contributed by atoms with Gasteiger partial charge in [0.25, 0.3) is 0 Å². The van der Waals surface area contributed by atoms with Gasteiger partial charge < -0.3 is 9.84 Å². The van der Waals surface area contributed by atoms with E-state index in [0.717, 1.165) is 19.3 Å². The van der Waals surface area contributed by atoms with Crippen molar-refractivity contribution < 1.29 is 19.4 Å². The largest absolute Gasteiger partial charge is 0.457 e. The summed E-state index contributed by atoms with van der Waals surface area (Å²) in [5, 5.41) is 11.5. The Morgan fingerprint density at radius 2 is 2.12 bits per heavy atom. The smallest absolute Gasteiger partial charge is 0.334 e. The second-order valence-corrected chi connectivity index (χ2v) is 7.58. The summed E-state index contributed by atoms with van der Waals surface area (Å²) in [6.07, 6.45) is 8.12. The van der Waals surface area contributed by atoms with Gasteiger partial charge in [0.1, 0.15) is 17.1 Å². The molecule has 5 atom stereocenters. The first kappa shape index (κ1) is 17.2. The average Bonchev–Trinajstić information content (AvgIpc) is 2.91. The number of allylic oxidation sites excluding steroid dienone is 3. The molecule has 1 saturated heterocycles. The van der Waals surface area contributed by atoms with E-state index in [0.29, 0.717) is 17.6 Å². The SMILES string of the molecule is C=C1C(=O)O[C@@H]2[C@H]1CC[C@H](C)[C@]1(O)C=C(/C=C/CCC)C(=O)[C@@]21C. The average molecular weight is 330 g/mol. The number of ketones is 1. The van der Waals surface area contributed by atoms with E-state index in [2.05, 4.69) is 13.5 Å². The molecule has 4 nitrogen and oxygen atoms in total. The minimum absolute atomic E-state index is 0.0966. The highest BCUT2D eigenvalue weighted by Crippen LogP contribution is 2.57. The van der Waals surface area contributed by atoms with Crippen molar-refractivity contribution in [2.24, 2.45) is 17.3 Å². The molecule has 0 unspecified atom stereocenters. The lowest BCUT2D eigenvalue weighted by atomic mass is 9.64. The number of hydrogen-bond donors (Lipinski definition) is 1. The number of rotatable bonds is 3. The van der Waals surface area contributed by atoms with Crippen molar-refractivity contribution in [3.8, 4) is 0 Å². The lowest BCUT2D eigenvalue weighted by Crippen LogP contribution is -2.56. The van der Waals surface area contributed by atoms with Crippen molar-refractivity contribution in [3.63, 3.8) is 0 Å². The molecule has 130 valence electrons. The number of carbonyl (C=O) groups is 2. The second-order valence-electron chi connectivity index (χ2n) is 7.58. The molecule has 0 radical (unpaired) electrons. The van der Waals surface area contributed by atoms with Gasteiger partial charge in [-0.1, -0.05) is 39.0 Å². The van der Waals surface area contributed by atoms with Gasteiger partial charge in [0.2, 0.25) is 0 Å². The number of carbonyl (C=O) groups excluding carboxylic acids is 2. The van der Waals surface area contributed by atoms with Gasteiger partial charge in [-0.3, -0.25) is 4.79 Å². The molecule has 1 N–H and O–H groups in total. The maximum absolute atomic E-state index is 13.2. The van der Waals surface area contributed by atoms with Gasteiger partial charge in [-0.25, -0.2) is 4.79 Å². The van der Waals surface area contributed by atoms with Crippen LogP contribution < -0.4 is 0 Å². The summed E-state index contributed by atoms with van der Waals surface area (Å²) >= 11 is 0. The minimum Gasteiger partial charge on any atom is -0.457 e. The van der Waals surface area contributed by atoms with Gasteiger partial charge in [0.15, 0.2) is 5.78 Å². The molecule has 0 spiro atoms. The van der Waals surface area contributed by atoms with Crippen molar-refractivity contribution >= 4 is 11.8 Å². The lowest BCUT2D eigenvalue weighted by molar-refractivity contribution is -0.166. The molecule has 1 heterocycles. The highest BCUT2D eigenvalue weighted by molar-refractivity contribution is 6.07. The van der Waals surface area contributed by atoms with Crippen LogP contribution in [0.5, 0.6) is 0 Å². The van der Waals surface area contributed by atoms with E-state index in [1.54, 1.807) is 19.1 Å². The third kappa shape index (κ3) is 2.08. The van der Waals surface area contributed by atoms with Crippen LogP contribution in [0.15, 0.2) is 36.0 Å². The predicted molar refractivity (Wildman–Crippen MR) is 91.1 cm³/mol. The number of ether oxygens (including phenoxy) is 1. The van der Waals surface area contributed by atoms with Crippen LogP contribution in [0.2, 0.25) is 0 Å². The molecule has 0 bridgehead atoms. The van der Waals surface area contributed by atoms with Crippen molar-refractivity contribution in [2.75, 3.05) is 0 Å². The molecule has 24 heavy (non-hydrogen) atoms. The fourth-order valence-electron chi connectivity index (χ4n) is 4.55. The molecule has 0 aromatic rings. The van der Waals surface area contributed by atoms with Crippen molar-refractivity contribution in [3.05, 3.63) is 36.0 Å². The van der Waals surface area contributed by atoms with E-state index in [9.17, 15) is 14.7 Å². The fraction of sp³-hybridized carbons (Fsp3) is 0.600. The standard InChI is InChI=1S/C20H26O4/c1-5-6-7-8-14-11-20(23)12(2)9-10-15-13(3)18(22)24-17(15)19(20,4)16(14)21/h7-8,11-12,15,17,23H,3,5-6,9-10H2,1-2,4H3/b8-7+/t12-,15-,17+,19-,20+/m0/s1. The van der Waals surface area contributed by atoms with Crippen LogP contribution in [-0.4, -0.2) is 28.6 Å². The third-order valence-corrected chi connectivity index (χ3v) is 6.23. The molecule has 2 fully saturated rings. The van der Waals surface area contributed by atoms with E-state index in [4.69, 9.17) is 4.74 Å². The zero-order chi connectivity index (χ0) is 17.7. The van der Waals surface area contributed by atoms with Crippen molar-refractivity contribution in [1.29, 1.82) is 0 Å². The first-order valence-electron chi connectivity index (χ1n) is 8.83. The maximum atomic E-state index is 13.2. The summed E-state index contributed by atoms with van der Waals surface area (Å²) in [5.74, 6) is -0.870. The van der Waals surface area contributed by atoms with E-state index < -0.39 is 23.1 Å². The quantitative estimate of drug-likeness (QED) is 0.638. The van der Waals surface area contributed by atoms with Gasteiger partial charge in [0, 0.05) is 17.1 Å². The number of aliphatic hydroxyl groups is 1. The molecule has 0 aromatic carbocycles. The van der Waals surface area contributed by atoms with Crippen LogP contribution in [0.25, 0.3) is 0 Å². The second kappa shape index (κ2) is 5.69. The van der Waals surface area contributed by atoms with Crippen molar-refractivity contribution in [2.45, 2.75) is 58.2 Å². The van der Waals surface area contributed by atoms with Crippen LogP contribution in [0.4, 0.5) is 0 Å². The van der Waals surface area contributed by atoms with Gasteiger partial charge in [-0.05, 0) is 38.2 Å². The Morgan fingerprint density at radius 1 is 1.42 bits per heavy atom. The number of fused-ring (bicyclic) bond motifs is 3. The molecule has 1 saturated carbocycles. The van der Waals surface area contributed by atoms with Crippen LogP contribution in [0.1, 0.15) is 46.5 Å². The summed E-state index contributed by atoms with van der Waals surface area (Å²) in [4.78, 5) is 25.2. The fourth-order valence-corrected chi connectivity index (χ4v) is 4.55. The summed E-state index contributed by atoms with van der Waals surface area (Å²) in [7, 11) is 0. The first-order valence-corrected chi connectivity index (χ1v) is 8.83. The highest BCUT2D eigenvalue weighted by atomic mass is 16.6. The molecule has 3 aliphatic rings. The monoisotopic (exact) mass is 330 g/mol. The maximum Gasteiger partial charge on any atom is 0.334 e. The van der Waals surface area contributed by atoms with Crippen LogP contribution >= 0.6 is 0 Å². The normalized spacial score (nSPS) is 41.9. The minimum atomic E-state index is -1.31. The molecule has 0 aromatic heterocycles. The summed E-state index contributed by atoms with van der Waals surface area (Å²) in [6, 6.07) is 0. The molecular weight excluding hydrogens is 304 g/mol. The molecule has 2 aliphatic carbocycles. The van der Waals surface area contributed by atoms with E-state index in [-0.39, 0.29) is 17.6 Å². The van der Waals surface area contributed by atoms with Crippen LogP contribution in [0, 0.1) is 17.3 Å². The Balaban J connectivity index is 2.07. The molecular formula is C20H26O4. The molecule has 3 rings (SSSR count). The Morgan fingerprint density at radius 3 is 2.79 bits per heavy atom. The van der Waals surface area contributed by atoms with E-state index >= 15 is 0 Å². The molecule has 4 heteroatoms. The van der Waals surface area contributed by atoms with Crippen LogP contribution in [-0.2, 0) is 14.3 Å². The lowest BCUT2D eigenvalue weighted by Gasteiger charge is -2.43. The summed E-state index contributed by atoms with van der Waals surface area (Å²) < 4.78 is 5.56. The number of unbranched alkanes of at least 4 members (excludes halogenated alkanes) is 1. The zero-order valence-corrected chi connectivity index (χ0v) is 14.7. The van der Waals surface area contributed by atoms with Gasteiger partial charge in [-0.15, -0.1) is 0 Å². The van der Waals surface area contributed by atoms with Crippen molar-refractivity contribution in [1.82, 2.24) is 0 Å². The number of Topliss-reactive ketones (excluding diaryl/α,β-unsaturated/α-hetero) is 1. The topological polar surface area (TPSA) is 63.6 Å². The summed E-state index contributed by atoms with van der Waals surface area (Å²) in [6.45, 7) is 9.65. The number of hydrogen-bond acceptors (Lipinski definition) is 4. The van der Waals surface area contributed by atoms with Gasteiger partial charge >= 0.3 is 5.97 Å². The predicted octanol–water partition coefficient (Wildman–Crippen LogP) is 3.12. The number of esters is 1. The first-order chi connectivity index (χ1) is 11.3. The Bertz CT molecular complexity index is 659. The zero-order valence-electron chi connectivity index (χ0n) is 14.7. The van der Waals surface area contributed by atoms with E-state index in [1.807, 2.05) is 13.0 Å². The van der Waals surface area contributed by atoms with Crippen LogP contribution in [0.3, 0.4) is 0 Å². The summed E-state index contributed by atoms with van der Waals surface area (Å²) in [5.41, 5.74) is -1.51. The third-order valence-electron chi connectivity index (χ3n) is 6.23.